The second kappa shape index (κ2) is 3.72. The summed E-state index contributed by atoms with van der Waals surface area (Å²) in [5.74, 6) is 0.0722. The van der Waals surface area contributed by atoms with Crippen molar-refractivity contribution in [3.63, 3.8) is 0 Å². The number of hydrogen-bond acceptors (Lipinski definition) is 2. The Morgan fingerprint density at radius 1 is 1.64 bits per heavy atom. The van der Waals surface area contributed by atoms with E-state index in [2.05, 4.69) is 17.1 Å². The molecular formula is C8H16N2O. The fraction of sp³-hybridized carbons (Fsp3) is 0.875. The molecule has 1 amide bonds. The topological polar surface area (TPSA) is 32.1 Å². The van der Waals surface area contributed by atoms with Gasteiger partial charge in [-0.1, -0.05) is 0 Å². The Hall–Kier alpha value is -0.570. The summed E-state index contributed by atoms with van der Waals surface area (Å²) >= 11 is 0. The molecule has 1 rings (SSSR count). The van der Waals surface area contributed by atoms with Crippen LogP contribution in [0.15, 0.2) is 0 Å². The van der Waals surface area contributed by atoms with E-state index in [0.717, 1.165) is 13.0 Å². The van der Waals surface area contributed by atoms with Crippen LogP contribution in [-0.4, -0.2) is 36.5 Å². The van der Waals surface area contributed by atoms with Gasteiger partial charge in [0.25, 0.3) is 0 Å². The number of carbonyl (C=O) groups excluding carboxylic acids is 1. The van der Waals surface area contributed by atoms with Gasteiger partial charge in [0.1, 0.15) is 0 Å². The second-order valence-electron chi connectivity index (χ2n) is 3.16. The zero-order valence-electron chi connectivity index (χ0n) is 7.26. The van der Waals surface area contributed by atoms with Crippen molar-refractivity contribution in [3.05, 3.63) is 0 Å². The summed E-state index contributed by atoms with van der Waals surface area (Å²) in [6, 6.07) is 0.641. The van der Waals surface area contributed by atoms with Crippen LogP contribution in [0.25, 0.3) is 0 Å². The van der Waals surface area contributed by atoms with Crippen molar-refractivity contribution < 1.29 is 4.79 Å². The predicted molar refractivity (Wildman–Crippen MR) is 44.3 cm³/mol. The van der Waals surface area contributed by atoms with Gasteiger partial charge >= 0.3 is 0 Å². The van der Waals surface area contributed by atoms with Crippen molar-refractivity contribution in [1.29, 1.82) is 0 Å². The lowest BCUT2D eigenvalue weighted by atomic mass is 10.2. The molecule has 0 radical (unpaired) electrons. The van der Waals surface area contributed by atoms with Crippen LogP contribution in [0, 0.1) is 0 Å². The Kier molecular flexibility index (Phi) is 2.88. The van der Waals surface area contributed by atoms with Gasteiger partial charge in [0.2, 0.25) is 5.91 Å². The first-order valence-corrected chi connectivity index (χ1v) is 4.18. The molecule has 1 aliphatic rings. The molecule has 1 heterocycles. The molecule has 1 atom stereocenters. The quantitative estimate of drug-likeness (QED) is 0.590. The number of nitrogens with one attached hydrogen (secondary N) is 1. The lowest BCUT2D eigenvalue weighted by Crippen LogP contribution is -2.26. The van der Waals surface area contributed by atoms with Gasteiger partial charge in [0, 0.05) is 32.6 Å². The maximum atomic E-state index is 10.5. The predicted octanol–water partition coefficient (Wildman–Crippen LogP) is 0.217. The minimum atomic E-state index is 0.0722. The van der Waals surface area contributed by atoms with Crippen LogP contribution >= 0.6 is 0 Å². The molecule has 0 bridgehead atoms. The van der Waals surface area contributed by atoms with Gasteiger partial charge < -0.3 is 5.32 Å². The number of amides is 1. The lowest BCUT2D eigenvalue weighted by molar-refractivity contribution is -0.118. The number of nitrogens with zero attached hydrogens (tertiary/aromatic N) is 1. The summed E-state index contributed by atoms with van der Waals surface area (Å²) in [6.45, 7) is 7.05. The van der Waals surface area contributed by atoms with Gasteiger partial charge in [-0.3, -0.25) is 9.69 Å². The van der Waals surface area contributed by atoms with E-state index >= 15 is 0 Å². The van der Waals surface area contributed by atoms with Crippen LogP contribution in [-0.2, 0) is 4.79 Å². The summed E-state index contributed by atoms with van der Waals surface area (Å²) in [5.41, 5.74) is 0. The fourth-order valence-corrected chi connectivity index (χ4v) is 1.14. The zero-order valence-corrected chi connectivity index (χ0v) is 7.26. The molecule has 1 saturated heterocycles. The summed E-state index contributed by atoms with van der Waals surface area (Å²) in [6.07, 6.45) is 1.07. The van der Waals surface area contributed by atoms with Gasteiger partial charge in [-0.15, -0.1) is 0 Å². The smallest absolute Gasteiger partial charge is 0.216 e. The third-order valence-electron chi connectivity index (χ3n) is 2.04. The maximum Gasteiger partial charge on any atom is 0.216 e. The van der Waals surface area contributed by atoms with Crippen LogP contribution in [0.5, 0.6) is 0 Å². The first-order valence-electron chi connectivity index (χ1n) is 4.18. The molecule has 3 nitrogen and oxygen atoms in total. The van der Waals surface area contributed by atoms with Crippen LogP contribution in [0.1, 0.15) is 20.3 Å². The lowest BCUT2D eigenvalue weighted by Gasteiger charge is -2.11. The zero-order chi connectivity index (χ0) is 8.27. The maximum absolute atomic E-state index is 10.5. The van der Waals surface area contributed by atoms with E-state index in [1.165, 1.54) is 13.1 Å². The highest BCUT2D eigenvalue weighted by Crippen LogP contribution is 2.11. The molecule has 0 aromatic rings. The Morgan fingerprint density at radius 2 is 2.27 bits per heavy atom. The summed E-state index contributed by atoms with van der Waals surface area (Å²) in [5, 5.41) is 2.79. The largest absolute Gasteiger partial charge is 0.356 e. The van der Waals surface area contributed by atoms with Gasteiger partial charge in [0.05, 0.1) is 0 Å². The molecule has 1 N–H and O–H groups in total. The summed E-state index contributed by atoms with van der Waals surface area (Å²) < 4.78 is 0. The fourth-order valence-electron chi connectivity index (χ4n) is 1.14. The number of carbonyl (C=O) groups is 1. The third-order valence-corrected chi connectivity index (χ3v) is 2.04. The molecule has 64 valence electrons. The van der Waals surface area contributed by atoms with Gasteiger partial charge in [-0.25, -0.2) is 0 Å². The van der Waals surface area contributed by atoms with Crippen LogP contribution in [0.4, 0.5) is 0 Å². The Labute approximate surface area is 67.8 Å². The third kappa shape index (κ3) is 3.37. The van der Waals surface area contributed by atoms with Gasteiger partial charge in [0.15, 0.2) is 0 Å². The van der Waals surface area contributed by atoms with Crippen molar-refractivity contribution in [1.82, 2.24) is 10.2 Å². The van der Waals surface area contributed by atoms with E-state index < -0.39 is 0 Å². The molecule has 11 heavy (non-hydrogen) atoms. The van der Waals surface area contributed by atoms with E-state index in [0.29, 0.717) is 6.04 Å². The molecule has 0 aromatic carbocycles. The van der Waals surface area contributed by atoms with Crippen molar-refractivity contribution >= 4 is 5.91 Å². The Morgan fingerprint density at radius 3 is 2.73 bits per heavy atom. The molecule has 1 unspecified atom stereocenters. The first kappa shape index (κ1) is 8.53. The van der Waals surface area contributed by atoms with E-state index in [1.807, 2.05) is 0 Å². The summed E-state index contributed by atoms with van der Waals surface area (Å²) in [7, 11) is 0. The Bertz CT molecular complexity index is 143. The highest BCUT2D eigenvalue weighted by Gasteiger charge is 2.22. The molecular weight excluding hydrogens is 140 g/mol. The standard InChI is InChI=1S/C8H16N2O/c1-7(10-5-6-10)3-4-9-8(2)11/h7H,3-6H2,1-2H3,(H,9,11). The van der Waals surface area contributed by atoms with E-state index in [9.17, 15) is 4.79 Å². The highest BCUT2D eigenvalue weighted by atomic mass is 16.1. The molecule has 3 heteroatoms. The van der Waals surface area contributed by atoms with Crippen LogP contribution < -0.4 is 5.32 Å². The molecule has 1 fully saturated rings. The summed E-state index contributed by atoms with van der Waals surface area (Å²) in [4.78, 5) is 12.9. The molecule has 0 saturated carbocycles. The van der Waals surface area contributed by atoms with Crippen molar-refractivity contribution in [2.75, 3.05) is 19.6 Å². The van der Waals surface area contributed by atoms with Crippen molar-refractivity contribution in [2.45, 2.75) is 26.3 Å². The van der Waals surface area contributed by atoms with Crippen LogP contribution in [0.2, 0.25) is 0 Å². The monoisotopic (exact) mass is 156 g/mol. The average Bonchev–Trinajstić information content (AvgIpc) is 2.66. The minimum absolute atomic E-state index is 0.0722. The average molecular weight is 156 g/mol. The van der Waals surface area contributed by atoms with E-state index in [1.54, 1.807) is 6.92 Å². The molecule has 1 aliphatic heterocycles. The van der Waals surface area contributed by atoms with E-state index in [-0.39, 0.29) is 5.91 Å². The molecule has 0 aromatic heterocycles. The second-order valence-corrected chi connectivity index (χ2v) is 3.16. The SMILES string of the molecule is CC(=O)NCCC(C)N1CC1. The minimum Gasteiger partial charge on any atom is -0.356 e. The van der Waals surface area contributed by atoms with E-state index in [4.69, 9.17) is 0 Å². The van der Waals surface area contributed by atoms with Crippen LogP contribution in [0.3, 0.4) is 0 Å². The van der Waals surface area contributed by atoms with Gasteiger partial charge in [-0.05, 0) is 13.3 Å². The van der Waals surface area contributed by atoms with Crippen molar-refractivity contribution in [2.24, 2.45) is 0 Å². The molecule has 0 aliphatic carbocycles. The first-order chi connectivity index (χ1) is 5.20. The highest BCUT2D eigenvalue weighted by molar-refractivity contribution is 5.72. The number of hydrogen-bond donors (Lipinski definition) is 1. The van der Waals surface area contributed by atoms with Gasteiger partial charge in [-0.2, -0.15) is 0 Å². The number of rotatable bonds is 4. The normalized spacial score (nSPS) is 19.5. The molecule has 0 spiro atoms. The van der Waals surface area contributed by atoms with Crippen molar-refractivity contribution in [3.8, 4) is 0 Å². The Balaban J connectivity index is 1.97.